The Morgan fingerprint density at radius 3 is 2.86 bits per heavy atom. The van der Waals surface area contributed by atoms with Crippen molar-refractivity contribution < 1.29 is 4.39 Å². The minimum Gasteiger partial charge on any atom is -0.378 e. The van der Waals surface area contributed by atoms with Crippen LogP contribution in [0.4, 0.5) is 16.0 Å². The second-order valence-electron chi connectivity index (χ2n) is 5.28. The Hall–Kier alpha value is -2.68. The van der Waals surface area contributed by atoms with E-state index in [0.29, 0.717) is 17.2 Å². The van der Waals surface area contributed by atoms with Crippen molar-refractivity contribution in [1.29, 1.82) is 5.26 Å². The van der Waals surface area contributed by atoms with Gasteiger partial charge in [-0.2, -0.15) is 5.26 Å². The van der Waals surface area contributed by atoms with Crippen LogP contribution in [0.2, 0.25) is 0 Å². The number of nitriles is 1. The van der Waals surface area contributed by atoms with E-state index in [1.165, 1.54) is 6.07 Å². The molecule has 1 atom stereocenters. The summed E-state index contributed by atoms with van der Waals surface area (Å²) in [6, 6.07) is 8.33. The number of anilines is 2. The summed E-state index contributed by atoms with van der Waals surface area (Å²) in [5, 5.41) is 12.0. The molecule has 112 valence electrons. The summed E-state index contributed by atoms with van der Waals surface area (Å²) in [6.07, 6.45) is 5.40. The molecule has 0 amide bonds. The minimum absolute atomic E-state index is 0.125. The van der Waals surface area contributed by atoms with E-state index < -0.39 is 5.82 Å². The second-order valence-corrected chi connectivity index (χ2v) is 5.28. The van der Waals surface area contributed by atoms with Crippen LogP contribution < -0.4 is 10.2 Å². The molecular weight excluding hydrogens is 281 g/mol. The van der Waals surface area contributed by atoms with Gasteiger partial charge in [-0.3, -0.25) is 0 Å². The number of halogens is 1. The highest BCUT2D eigenvalue weighted by Crippen LogP contribution is 2.21. The first kappa shape index (κ1) is 14.3. The van der Waals surface area contributed by atoms with Crippen molar-refractivity contribution in [2.24, 2.45) is 0 Å². The number of nitrogens with zero attached hydrogens (tertiary/aromatic N) is 4. The van der Waals surface area contributed by atoms with Gasteiger partial charge in [-0.25, -0.2) is 14.4 Å². The Kier molecular flexibility index (Phi) is 4.15. The number of aromatic nitrogens is 2. The normalized spacial score (nSPS) is 17.8. The van der Waals surface area contributed by atoms with Crippen molar-refractivity contribution in [3.63, 3.8) is 0 Å². The van der Waals surface area contributed by atoms with Gasteiger partial charge in [0.2, 0.25) is 5.95 Å². The number of nitrogens with one attached hydrogen (secondary N) is 1. The summed E-state index contributed by atoms with van der Waals surface area (Å²) >= 11 is 0. The molecule has 1 saturated heterocycles. The molecule has 0 unspecified atom stereocenters. The maximum Gasteiger partial charge on any atom is 0.225 e. The van der Waals surface area contributed by atoms with Crippen LogP contribution >= 0.6 is 0 Å². The molecule has 0 aliphatic carbocycles. The highest BCUT2D eigenvalue weighted by molar-refractivity contribution is 5.50. The third kappa shape index (κ3) is 3.14. The molecule has 1 aliphatic heterocycles. The molecule has 2 heterocycles. The standard InChI is InChI=1S/C16H16FN5/c17-14-9-12(10-18)4-5-15(14)21-13-3-1-8-22(11-13)16-19-6-2-7-20-16/h2,4-7,9,13,21H,1,3,8,11H2/t13-/m0/s1. The SMILES string of the molecule is N#Cc1ccc(N[C@H]2CCCN(c3ncccn3)C2)c(F)c1. The summed E-state index contributed by atoms with van der Waals surface area (Å²) in [5.41, 5.74) is 0.755. The number of piperidine rings is 1. The monoisotopic (exact) mass is 297 g/mol. The molecule has 5 nitrogen and oxygen atoms in total. The average molecular weight is 297 g/mol. The van der Waals surface area contributed by atoms with Crippen molar-refractivity contribution in [2.45, 2.75) is 18.9 Å². The zero-order chi connectivity index (χ0) is 15.4. The van der Waals surface area contributed by atoms with Crippen LogP contribution in [-0.4, -0.2) is 29.1 Å². The fourth-order valence-corrected chi connectivity index (χ4v) is 2.65. The lowest BCUT2D eigenvalue weighted by atomic mass is 10.1. The van der Waals surface area contributed by atoms with Gasteiger partial charge in [0.1, 0.15) is 5.82 Å². The number of hydrogen-bond acceptors (Lipinski definition) is 5. The molecule has 0 spiro atoms. The van der Waals surface area contributed by atoms with Gasteiger partial charge in [-0.05, 0) is 37.1 Å². The van der Waals surface area contributed by atoms with Crippen LogP contribution in [0.1, 0.15) is 18.4 Å². The van der Waals surface area contributed by atoms with Gasteiger partial charge in [0.15, 0.2) is 0 Å². The molecule has 2 aromatic rings. The van der Waals surface area contributed by atoms with Gasteiger partial charge in [0, 0.05) is 31.5 Å². The zero-order valence-corrected chi connectivity index (χ0v) is 12.0. The summed E-state index contributed by atoms with van der Waals surface area (Å²) in [4.78, 5) is 10.6. The largest absolute Gasteiger partial charge is 0.378 e. The second kappa shape index (κ2) is 6.39. The highest BCUT2D eigenvalue weighted by atomic mass is 19.1. The van der Waals surface area contributed by atoms with E-state index >= 15 is 0 Å². The minimum atomic E-state index is -0.396. The Morgan fingerprint density at radius 1 is 1.32 bits per heavy atom. The maximum absolute atomic E-state index is 14.0. The predicted molar refractivity (Wildman–Crippen MR) is 82.0 cm³/mol. The van der Waals surface area contributed by atoms with Crippen LogP contribution in [0.5, 0.6) is 0 Å². The van der Waals surface area contributed by atoms with Crippen molar-refractivity contribution in [2.75, 3.05) is 23.3 Å². The lowest BCUT2D eigenvalue weighted by Crippen LogP contribution is -2.43. The van der Waals surface area contributed by atoms with Crippen LogP contribution in [0.3, 0.4) is 0 Å². The molecule has 22 heavy (non-hydrogen) atoms. The summed E-state index contributed by atoms with van der Waals surface area (Å²) < 4.78 is 14.0. The van der Waals surface area contributed by atoms with Gasteiger partial charge in [0.05, 0.1) is 17.3 Å². The van der Waals surface area contributed by atoms with Crippen molar-refractivity contribution in [1.82, 2.24) is 9.97 Å². The lowest BCUT2D eigenvalue weighted by molar-refractivity contribution is 0.519. The van der Waals surface area contributed by atoms with Gasteiger partial charge in [-0.1, -0.05) is 0 Å². The van der Waals surface area contributed by atoms with Crippen LogP contribution in [-0.2, 0) is 0 Å². The van der Waals surface area contributed by atoms with Gasteiger partial charge >= 0.3 is 0 Å². The van der Waals surface area contributed by atoms with Crippen molar-refractivity contribution in [3.8, 4) is 6.07 Å². The molecule has 3 rings (SSSR count). The Labute approximate surface area is 128 Å². The Balaban J connectivity index is 1.69. The fourth-order valence-electron chi connectivity index (χ4n) is 2.65. The number of hydrogen-bond donors (Lipinski definition) is 1. The Morgan fingerprint density at radius 2 is 2.14 bits per heavy atom. The smallest absolute Gasteiger partial charge is 0.225 e. The fraction of sp³-hybridized carbons (Fsp3) is 0.312. The highest BCUT2D eigenvalue weighted by Gasteiger charge is 2.22. The third-order valence-electron chi connectivity index (χ3n) is 3.71. The summed E-state index contributed by atoms with van der Waals surface area (Å²) in [6.45, 7) is 1.63. The van der Waals surface area contributed by atoms with E-state index in [9.17, 15) is 4.39 Å². The van der Waals surface area contributed by atoms with E-state index in [1.54, 1.807) is 30.6 Å². The van der Waals surface area contributed by atoms with Crippen molar-refractivity contribution >= 4 is 11.6 Å². The molecule has 1 N–H and O–H groups in total. The molecule has 1 aromatic heterocycles. The number of rotatable bonds is 3. The Bertz CT molecular complexity index is 683. The summed E-state index contributed by atoms with van der Waals surface area (Å²) in [7, 11) is 0. The first-order chi connectivity index (χ1) is 10.8. The first-order valence-electron chi connectivity index (χ1n) is 7.24. The number of benzene rings is 1. The molecule has 0 saturated carbocycles. The molecular formula is C16H16FN5. The van der Waals surface area contributed by atoms with E-state index in [-0.39, 0.29) is 6.04 Å². The molecule has 1 aromatic carbocycles. The lowest BCUT2D eigenvalue weighted by Gasteiger charge is -2.33. The van der Waals surface area contributed by atoms with E-state index in [0.717, 1.165) is 25.9 Å². The van der Waals surface area contributed by atoms with Crippen LogP contribution in [0, 0.1) is 17.1 Å². The average Bonchev–Trinajstić information content (AvgIpc) is 2.58. The third-order valence-corrected chi connectivity index (χ3v) is 3.71. The van der Waals surface area contributed by atoms with Gasteiger partial charge in [0.25, 0.3) is 0 Å². The van der Waals surface area contributed by atoms with Gasteiger partial charge in [-0.15, -0.1) is 0 Å². The maximum atomic E-state index is 14.0. The molecule has 0 radical (unpaired) electrons. The van der Waals surface area contributed by atoms with Gasteiger partial charge < -0.3 is 10.2 Å². The molecule has 0 bridgehead atoms. The predicted octanol–water partition coefficient (Wildman–Crippen LogP) is 2.57. The molecule has 1 fully saturated rings. The van der Waals surface area contributed by atoms with Crippen LogP contribution in [0.25, 0.3) is 0 Å². The van der Waals surface area contributed by atoms with E-state index in [4.69, 9.17) is 5.26 Å². The quantitative estimate of drug-likeness (QED) is 0.943. The summed E-state index contributed by atoms with van der Waals surface area (Å²) in [5.74, 6) is 0.307. The molecule has 1 aliphatic rings. The van der Waals surface area contributed by atoms with Crippen molar-refractivity contribution in [3.05, 3.63) is 48.0 Å². The zero-order valence-electron chi connectivity index (χ0n) is 12.0. The topological polar surface area (TPSA) is 64.8 Å². The van der Waals surface area contributed by atoms with E-state index in [2.05, 4.69) is 20.2 Å². The first-order valence-corrected chi connectivity index (χ1v) is 7.24. The van der Waals surface area contributed by atoms with Crippen LogP contribution in [0.15, 0.2) is 36.7 Å². The van der Waals surface area contributed by atoms with E-state index in [1.807, 2.05) is 6.07 Å². The molecule has 6 heteroatoms.